The number of aryl methyl sites for hydroxylation is 1. The molecule has 1 aliphatic heterocycles. The van der Waals surface area contributed by atoms with Gasteiger partial charge < -0.3 is 24.6 Å². The summed E-state index contributed by atoms with van der Waals surface area (Å²) in [5.74, 6) is 1.14. The number of anilines is 1. The fraction of sp³-hybridized carbons (Fsp3) is 0.350. The number of aliphatic hydroxyl groups excluding tert-OH is 1. The van der Waals surface area contributed by atoms with Gasteiger partial charge in [0.2, 0.25) is 22.7 Å². The topological polar surface area (TPSA) is 114 Å². The second kappa shape index (κ2) is 9.23. The van der Waals surface area contributed by atoms with Crippen LogP contribution in [0.5, 0.6) is 17.2 Å². The molecular formula is C20H24N2O7S. The fourth-order valence-corrected chi connectivity index (χ4v) is 3.77. The molecule has 2 N–H and O–H groups in total. The summed E-state index contributed by atoms with van der Waals surface area (Å²) >= 11 is 0. The van der Waals surface area contributed by atoms with Crippen molar-refractivity contribution in [2.75, 3.05) is 37.1 Å². The molecule has 0 spiro atoms. The minimum absolute atomic E-state index is 0.0620. The van der Waals surface area contributed by atoms with Gasteiger partial charge in [-0.25, -0.2) is 8.42 Å². The van der Waals surface area contributed by atoms with E-state index in [0.29, 0.717) is 22.9 Å². The van der Waals surface area contributed by atoms with E-state index in [2.05, 4.69) is 5.32 Å². The van der Waals surface area contributed by atoms with Crippen LogP contribution in [0.4, 0.5) is 5.69 Å². The molecular weight excluding hydrogens is 412 g/mol. The molecule has 2 aromatic rings. The van der Waals surface area contributed by atoms with Crippen molar-refractivity contribution in [2.24, 2.45) is 0 Å². The second-order valence-corrected chi connectivity index (χ2v) is 8.75. The number of ether oxygens (including phenoxy) is 3. The van der Waals surface area contributed by atoms with Gasteiger partial charge in [-0.3, -0.25) is 9.10 Å². The maximum Gasteiger partial charge on any atom is 0.240 e. The molecule has 3 rings (SSSR count). The number of nitrogens with one attached hydrogen (secondary N) is 1. The first-order valence-electron chi connectivity index (χ1n) is 9.24. The first kappa shape index (κ1) is 21.7. The summed E-state index contributed by atoms with van der Waals surface area (Å²) < 4.78 is 41.3. The van der Waals surface area contributed by atoms with Crippen molar-refractivity contribution >= 4 is 21.6 Å². The predicted molar refractivity (Wildman–Crippen MR) is 110 cm³/mol. The van der Waals surface area contributed by atoms with Crippen LogP contribution in [0.3, 0.4) is 0 Å². The number of fused-ring (bicyclic) bond motifs is 1. The van der Waals surface area contributed by atoms with Crippen molar-refractivity contribution in [1.29, 1.82) is 0 Å². The van der Waals surface area contributed by atoms with Crippen molar-refractivity contribution in [3.8, 4) is 17.2 Å². The first-order chi connectivity index (χ1) is 14.2. The lowest BCUT2D eigenvalue weighted by atomic mass is 10.2. The fourth-order valence-electron chi connectivity index (χ4n) is 2.86. The lowest BCUT2D eigenvalue weighted by Crippen LogP contribution is -2.43. The third-order valence-electron chi connectivity index (χ3n) is 4.39. The Bertz CT molecular complexity index is 1010. The second-order valence-electron chi connectivity index (χ2n) is 6.84. The van der Waals surface area contributed by atoms with Crippen LogP contribution in [-0.2, 0) is 14.8 Å². The molecule has 0 aliphatic carbocycles. The zero-order chi connectivity index (χ0) is 21.7. The number of aliphatic hydroxyl groups is 1. The molecule has 1 heterocycles. The zero-order valence-corrected chi connectivity index (χ0v) is 17.5. The number of benzene rings is 2. The quantitative estimate of drug-likeness (QED) is 0.604. The molecule has 0 bridgehead atoms. The Morgan fingerprint density at radius 3 is 2.70 bits per heavy atom. The van der Waals surface area contributed by atoms with E-state index in [0.717, 1.165) is 16.1 Å². The van der Waals surface area contributed by atoms with Crippen LogP contribution in [0, 0.1) is 6.92 Å². The molecule has 1 unspecified atom stereocenters. The summed E-state index contributed by atoms with van der Waals surface area (Å²) in [6, 6.07) is 11.9. The Labute approximate surface area is 175 Å². The summed E-state index contributed by atoms with van der Waals surface area (Å²) in [6.07, 6.45) is 0.0605. The van der Waals surface area contributed by atoms with Crippen LogP contribution >= 0.6 is 0 Å². The standard InChI is InChI=1S/C20H24N2O7S/c1-14-5-3-4-6-17(14)22(30(2,25)26)11-20(24)21-10-15(23)12-27-16-7-8-18-19(9-16)29-13-28-18/h3-9,15,23H,10-13H2,1-2H3,(H,21,24). The van der Waals surface area contributed by atoms with Crippen LogP contribution in [0.1, 0.15) is 5.56 Å². The summed E-state index contributed by atoms with van der Waals surface area (Å²) in [5.41, 5.74) is 1.16. The number of carbonyl (C=O) groups is 1. The highest BCUT2D eigenvalue weighted by Gasteiger charge is 2.22. The molecule has 0 radical (unpaired) electrons. The molecule has 0 saturated heterocycles. The molecule has 1 amide bonds. The number of carbonyl (C=O) groups excluding carboxylic acids is 1. The van der Waals surface area contributed by atoms with Crippen LogP contribution < -0.4 is 23.8 Å². The highest BCUT2D eigenvalue weighted by Crippen LogP contribution is 2.35. The van der Waals surface area contributed by atoms with Gasteiger partial charge >= 0.3 is 0 Å². The lowest BCUT2D eigenvalue weighted by molar-refractivity contribution is -0.120. The normalized spacial score (nSPS) is 13.6. The molecule has 1 aliphatic rings. The van der Waals surface area contributed by atoms with Gasteiger partial charge in [0.1, 0.15) is 25.0 Å². The Hall–Kier alpha value is -2.98. The third kappa shape index (κ3) is 5.55. The Balaban J connectivity index is 1.51. The summed E-state index contributed by atoms with van der Waals surface area (Å²) in [5, 5.41) is 12.6. The van der Waals surface area contributed by atoms with Gasteiger partial charge in [0.25, 0.3) is 0 Å². The number of hydrogen-bond acceptors (Lipinski definition) is 7. The van der Waals surface area contributed by atoms with Gasteiger partial charge in [-0.2, -0.15) is 0 Å². The van der Waals surface area contributed by atoms with Crippen LogP contribution in [0.2, 0.25) is 0 Å². The van der Waals surface area contributed by atoms with E-state index in [1.54, 1.807) is 49.4 Å². The maximum absolute atomic E-state index is 12.3. The Morgan fingerprint density at radius 2 is 1.97 bits per heavy atom. The van der Waals surface area contributed by atoms with Gasteiger partial charge in [0, 0.05) is 12.6 Å². The molecule has 162 valence electrons. The molecule has 9 nitrogen and oxygen atoms in total. The Morgan fingerprint density at radius 1 is 1.23 bits per heavy atom. The monoisotopic (exact) mass is 436 g/mol. The lowest BCUT2D eigenvalue weighted by Gasteiger charge is -2.23. The van der Waals surface area contributed by atoms with Crippen molar-refractivity contribution in [3.63, 3.8) is 0 Å². The van der Waals surface area contributed by atoms with E-state index >= 15 is 0 Å². The van der Waals surface area contributed by atoms with Crippen molar-refractivity contribution in [3.05, 3.63) is 48.0 Å². The minimum Gasteiger partial charge on any atom is -0.491 e. The first-order valence-corrected chi connectivity index (χ1v) is 11.1. The van der Waals surface area contributed by atoms with E-state index in [-0.39, 0.29) is 26.5 Å². The van der Waals surface area contributed by atoms with E-state index < -0.39 is 22.0 Å². The number of sulfonamides is 1. The smallest absolute Gasteiger partial charge is 0.240 e. The van der Waals surface area contributed by atoms with Gasteiger partial charge in [-0.15, -0.1) is 0 Å². The van der Waals surface area contributed by atoms with Gasteiger partial charge in [0.05, 0.1) is 11.9 Å². The van der Waals surface area contributed by atoms with Crippen LogP contribution in [0.25, 0.3) is 0 Å². The van der Waals surface area contributed by atoms with Crippen molar-refractivity contribution in [1.82, 2.24) is 5.32 Å². The molecule has 30 heavy (non-hydrogen) atoms. The van der Waals surface area contributed by atoms with Gasteiger partial charge in [-0.05, 0) is 30.7 Å². The molecule has 2 aromatic carbocycles. The van der Waals surface area contributed by atoms with Crippen LogP contribution in [0.15, 0.2) is 42.5 Å². The van der Waals surface area contributed by atoms with E-state index in [1.165, 1.54) is 0 Å². The summed E-state index contributed by atoms with van der Waals surface area (Å²) in [6.45, 7) is 1.38. The molecule has 1 atom stereocenters. The summed E-state index contributed by atoms with van der Waals surface area (Å²) in [4.78, 5) is 12.3. The largest absolute Gasteiger partial charge is 0.491 e. The number of nitrogens with zero attached hydrogens (tertiary/aromatic N) is 1. The summed E-state index contributed by atoms with van der Waals surface area (Å²) in [7, 11) is -3.66. The molecule has 0 saturated carbocycles. The third-order valence-corrected chi connectivity index (χ3v) is 5.52. The number of rotatable bonds is 9. The average molecular weight is 436 g/mol. The maximum atomic E-state index is 12.3. The van der Waals surface area contributed by atoms with E-state index in [1.807, 2.05) is 0 Å². The van der Waals surface area contributed by atoms with Crippen molar-refractivity contribution in [2.45, 2.75) is 13.0 Å². The predicted octanol–water partition coefficient (Wildman–Crippen LogP) is 1.05. The molecule has 0 fully saturated rings. The minimum atomic E-state index is -3.66. The highest BCUT2D eigenvalue weighted by molar-refractivity contribution is 7.92. The van der Waals surface area contributed by atoms with E-state index in [9.17, 15) is 18.3 Å². The SMILES string of the molecule is Cc1ccccc1N(CC(=O)NCC(O)COc1ccc2c(c1)OCO2)S(C)(=O)=O. The zero-order valence-electron chi connectivity index (χ0n) is 16.7. The molecule has 0 aromatic heterocycles. The van der Waals surface area contributed by atoms with Gasteiger partial charge in [0.15, 0.2) is 11.5 Å². The number of para-hydroxylation sites is 1. The van der Waals surface area contributed by atoms with E-state index in [4.69, 9.17) is 14.2 Å². The Kier molecular flexibility index (Phi) is 6.68. The van der Waals surface area contributed by atoms with Gasteiger partial charge in [-0.1, -0.05) is 18.2 Å². The van der Waals surface area contributed by atoms with Crippen LogP contribution in [-0.4, -0.2) is 58.3 Å². The number of amides is 1. The number of hydrogen-bond donors (Lipinski definition) is 2. The average Bonchev–Trinajstić information content (AvgIpc) is 3.16. The highest BCUT2D eigenvalue weighted by atomic mass is 32.2. The van der Waals surface area contributed by atoms with Crippen molar-refractivity contribution < 1.29 is 32.5 Å². The molecule has 10 heteroatoms.